The first-order valence-electron chi connectivity index (χ1n) is 19.5. The molecule has 2 heterocycles. The van der Waals surface area contributed by atoms with E-state index in [4.69, 9.17) is 15.0 Å². The van der Waals surface area contributed by atoms with Gasteiger partial charge in [-0.3, -0.25) is 0 Å². The minimum Gasteiger partial charge on any atom is -0.309 e. The maximum absolute atomic E-state index is 15.8. The second kappa shape index (κ2) is 14.5. The zero-order valence-electron chi connectivity index (χ0n) is 32.1. The van der Waals surface area contributed by atoms with Crippen molar-refractivity contribution >= 4 is 21.8 Å². The van der Waals surface area contributed by atoms with Gasteiger partial charge in [0.25, 0.3) is 0 Å². The van der Waals surface area contributed by atoms with E-state index in [9.17, 15) is 0 Å². The van der Waals surface area contributed by atoms with Crippen molar-refractivity contribution in [1.82, 2.24) is 19.5 Å². The fraction of sp³-hybridized carbons (Fsp3) is 0.0377. The highest BCUT2D eigenvalue weighted by Crippen LogP contribution is 2.41. The first-order valence-corrected chi connectivity index (χ1v) is 19.5. The summed E-state index contributed by atoms with van der Waals surface area (Å²) in [7, 11) is 0. The minimum atomic E-state index is -0.318. The summed E-state index contributed by atoms with van der Waals surface area (Å²) >= 11 is 0. The lowest BCUT2D eigenvalue weighted by atomic mass is 9.97. The summed E-state index contributed by atoms with van der Waals surface area (Å²) in [5.41, 5.74) is 13.8. The van der Waals surface area contributed by atoms with Crippen molar-refractivity contribution in [3.05, 3.63) is 205 Å². The first-order chi connectivity index (χ1) is 28.5. The molecule has 58 heavy (non-hydrogen) atoms. The molecule has 0 saturated heterocycles. The smallest absolute Gasteiger partial charge is 0.164 e. The van der Waals surface area contributed by atoms with Crippen LogP contribution >= 0.6 is 0 Å². The third-order valence-corrected chi connectivity index (χ3v) is 11.0. The van der Waals surface area contributed by atoms with Crippen LogP contribution in [0.1, 0.15) is 11.1 Å². The lowest BCUT2D eigenvalue weighted by Gasteiger charge is -2.16. The highest BCUT2D eigenvalue weighted by atomic mass is 19.1. The van der Waals surface area contributed by atoms with Crippen molar-refractivity contribution in [2.75, 3.05) is 0 Å². The number of nitrogens with zero attached hydrogens (tertiary/aromatic N) is 4. The summed E-state index contributed by atoms with van der Waals surface area (Å²) in [5.74, 6) is 1.22. The van der Waals surface area contributed by atoms with E-state index in [2.05, 4.69) is 115 Å². The van der Waals surface area contributed by atoms with E-state index < -0.39 is 0 Å². The van der Waals surface area contributed by atoms with Crippen LogP contribution in [0.3, 0.4) is 0 Å². The largest absolute Gasteiger partial charge is 0.309 e. The summed E-state index contributed by atoms with van der Waals surface area (Å²) in [6, 6.07) is 63.4. The van der Waals surface area contributed by atoms with Crippen LogP contribution in [0.5, 0.6) is 0 Å². The van der Waals surface area contributed by atoms with Crippen molar-refractivity contribution in [3.8, 4) is 73.2 Å². The average Bonchev–Trinajstić information content (AvgIpc) is 3.60. The Bertz CT molecular complexity index is 2990. The van der Waals surface area contributed by atoms with Crippen LogP contribution in [-0.2, 0) is 0 Å². The second-order valence-electron chi connectivity index (χ2n) is 14.7. The molecule has 10 aromatic rings. The molecule has 0 radical (unpaired) electrons. The lowest BCUT2D eigenvalue weighted by molar-refractivity contribution is 0.631. The number of rotatable bonds is 7. The van der Waals surface area contributed by atoms with Gasteiger partial charge in [-0.25, -0.2) is 19.3 Å². The summed E-state index contributed by atoms with van der Waals surface area (Å²) in [4.78, 5) is 15.2. The van der Waals surface area contributed by atoms with Gasteiger partial charge in [0.15, 0.2) is 17.5 Å². The highest BCUT2D eigenvalue weighted by molar-refractivity contribution is 6.12. The van der Waals surface area contributed by atoms with Crippen molar-refractivity contribution in [2.24, 2.45) is 0 Å². The van der Waals surface area contributed by atoms with E-state index in [1.165, 1.54) is 28.3 Å². The maximum atomic E-state index is 15.8. The van der Waals surface area contributed by atoms with E-state index in [0.717, 1.165) is 49.7 Å². The zero-order chi connectivity index (χ0) is 39.2. The molecule has 0 aliphatic heterocycles. The zero-order valence-corrected chi connectivity index (χ0v) is 32.1. The van der Waals surface area contributed by atoms with E-state index in [-0.39, 0.29) is 5.82 Å². The number of hydrogen-bond donors (Lipinski definition) is 0. The molecule has 0 amide bonds. The number of benzene rings is 8. The fourth-order valence-corrected chi connectivity index (χ4v) is 8.13. The number of hydrogen-bond acceptors (Lipinski definition) is 3. The molecule has 8 aromatic carbocycles. The molecule has 0 aliphatic rings. The van der Waals surface area contributed by atoms with Crippen LogP contribution in [0.15, 0.2) is 188 Å². The Morgan fingerprint density at radius 2 is 0.828 bits per heavy atom. The molecule has 0 atom stereocenters. The van der Waals surface area contributed by atoms with Gasteiger partial charge in [-0.15, -0.1) is 0 Å². The van der Waals surface area contributed by atoms with Crippen LogP contribution in [0.2, 0.25) is 0 Å². The molecule has 0 bridgehead atoms. The Balaban J connectivity index is 1.25. The molecule has 0 spiro atoms. The Labute approximate surface area is 336 Å². The monoisotopic (exact) mass is 748 g/mol. The van der Waals surface area contributed by atoms with Crippen LogP contribution in [-0.4, -0.2) is 19.5 Å². The third kappa shape index (κ3) is 6.23. The Kier molecular flexibility index (Phi) is 8.76. The molecule has 2 aromatic heterocycles. The quantitative estimate of drug-likeness (QED) is 0.163. The van der Waals surface area contributed by atoms with Gasteiger partial charge in [0.2, 0.25) is 0 Å². The average molecular weight is 749 g/mol. The second-order valence-corrected chi connectivity index (χ2v) is 14.7. The van der Waals surface area contributed by atoms with Gasteiger partial charge in [0.05, 0.1) is 11.0 Å². The molecule has 0 N–H and O–H groups in total. The third-order valence-electron chi connectivity index (χ3n) is 11.0. The molecule has 0 saturated carbocycles. The Morgan fingerprint density at radius 1 is 0.362 bits per heavy atom. The van der Waals surface area contributed by atoms with Crippen molar-refractivity contribution in [3.63, 3.8) is 0 Å². The standard InChI is InChI=1S/C53H37FN4/c1-34-15-9-11-21-41(34)38-25-29-49-45(31-38)46-32-39(42-22-12-10-16-35(42)2)26-30-50(46)58(49)40-27-28-43(44-23-13-14-24-48(44)54)47(33-40)53-56-51(36-17-5-3-6-18-36)55-52(57-53)37-19-7-4-8-20-37/h3-33H,1-2H3. The minimum absolute atomic E-state index is 0.318. The molecule has 10 rings (SSSR count). The molecule has 4 nitrogen and oxygen atoms in total. The molecule has 0 aliphatic carbocycles. The van der Waals surface area contributed by atoms with Crippen LogP contribution in [0.25, 0.3) is 95.0 Å². The molecular weight excluding hydrogens is 712 g/mol. The number of halogens is 1. The molecule has 5 heteroatoms. The lowest BCUT2D eigenvalue weighted by Crippen LogP contribution is -2.03. The predicted molar refractivity (Wildman–Crippen MR) is 236 cm³/mol. The molecule has 276 valence electrons. The topological polar surface area (TPSA) is 43.6 Å². The summed E-state index contributed by atoms with van der Waals surface area (Å²) in [5, 5.41) is 2.28. The van der Waals surface area contributed by atoms with Gasteiger partial charge in [-0.1, -0.05) is 146 Å². The van der Waals surface area contributed by atoms with Gasteiger partial charge in [-0.05, 0) is 95.3 Å². The summed E-state index contributed by atoms with van der Waals surface area (Å²) in [6.07, 6.45) is 0. The predicted octanol–water partition coefficient (Wildman–Crippen LogP) is 13.7. The van der Waals surface area contributed by atoms with Crippen molar-refractivity contribution in [2.45, 2.75) is 13.8 Å². The normalized spacial score (nSPS) is 11.4. The fourth-order valence-electron chi connectivity index (χ4n) is 8.13. The van der Waals surface area contributed by atoms with Crippen molar-refractivity contribution < 1.29 is 4.39 Å². The van der Waals surface area contributed by atoms with E-state index in [1.54, 1.807) is 6.07 Å². The first kappa shape index (κ1) is 35.0. The van der Waals surface area contributed by atoms with Gasteiger partial charge in [-0.2, -0.15) is 0 Å². The summed E-state index contributed by atoms with van der Waals surface area (Å²) < 4.78 is 18.1. The van der Waals surface area contributed by atoms with Gasteiger partial charge < -0.3 is 4.57 Å². The Morgan fingerprint density at radius 3 is 1.34 bits per heavy atom. The van der Waals surface area contributed by atoms with Gasteiger partial charge >= 0.3 is 0 Å². The van der Waals surface area contributed by atoms with Crippen LogP contribution < -0.4 is 0 Å². The van der Waals surface area contributed by atoms with Crippen LogP contribution in [0, 0.1) is 19.7 Å². The number of aromatic nitrogens is 4. The molecular formula is C53H37FN4. The van der Waals surface area contributed by atoms with Gasteiger partial charge in [0, 0.05) is 38.7 Å². The van der Waals surface area contributed by atoms with E-state index in [1.807, 2.05) is 78.9 Å². The van der Waals surface area contributed by atoms with E-state index >= 15 is 4.39 Å². The van der Waals surface area contributed by atoms with Crippen LogP contribution in [0.4, 0.5) is 4.39 Å². The maximum Gasteiger partial charge on any atom is 0.164 e. The molecule has 0 unspecified atom stereocenters. The highest BCUT2D eigenvalue weighted by Gasteiger charge is 2.21. The number of aryl methyl sites for hydroxylation is 2. The molecule has 0 fully saturated rings. The number of fused-ring (bicyclic) bond motifs is 3. The van der Waals surface area contributed by atoms with Gasteiger partial charge in [0.1, 0.15) is 5.82 Å². The SMILES string of the molecule is Cc1ccccc1-c1ccc2c(c1)c1cc(-c3ccccc3C)ccc1n2-c1ccc(-c2ccccc2F)c(-c2nc(-c3ccccc3)nc(-c3ccccc3)n2)c1. The van der Waals surface area contributed by atoms with E-state index in [0.29, 0.717) is 34.2 Å². The Hall–Kier alpha value is -7.50. The summed E-state index contributed by atoms with van der Waals surface area (Å²) in [6.45, 7) is 4.32. The van der Waals surface area contributed by atoms with Crippen molar-refractivity contribution in [1.29, 1.82) is 0 Å².